The molecule has 0 aliphatic carbocycles. The molecule has 0 amide bonds. The van der Waals surface area contributed by atoms with Crippen LogP contribution in [0.5, 0.6) is 0 Å². The smallest absolute Gasteiger partial charge is 0.186 e. The maximum atomic E-state index is 13.4. The Morgan fingerprint density at radius 1 is 1.00 bits per heavy atom. The molecule has 0 radical (unpaired) electrons. The van der Waals surface area contributed by atoms with Crippen molar-refractivity contribution in [1.29, 1.82) is 0 Å². The molecule has 0 bridgehead atoms. The Bertz CT molecular complexity index is 1030. The molecule has 2 aromatic heterocycles. The molecule has 1 atom stereocenters. The summed E-state index contributed by atoms with van der Waals surface area (Å²) in [6.45, 7) is 0.694. The fourth-order valence-electron chi connectivity index (χ4n) is 3.35. The highest BCUT2D eigenvalue weighted by Crippen LogP contribution is 2.24. The zero-order valence-corrected chi connectivity index (χ0v) is 14.9. The zero-order valence-electron chi connectivity index (χ0n) is 14.9. The molecule has 4 nitrogen and oxygen atoms in total. The Hall–Kier alpha value is -3.24. The predicted molar refractivity (Wildman–Crippen MR) is 108 cm³/mol. The van der Waals surface area contributed by atoms with Crippen molar-refractivity contribution < 1.29 is 4.79 Å². The molecule has 2 aromatic carbocycles. The molecule has 134 valence electrons. The molecule has 4 aromatic rings. The number of Topliss-reactive ketones (excluding diaryl/α,β-unsaturated/α-hetero) is 1. The number of nitrogens with zero attached hydrogens (tertiary/aromatic N) is 1. The maximum Gasteiger partial charge on any atom is 0.186 e. The summed E-state index contributed by atoms with van der Waals surface area (Å²) in [6.07, 6.45) is 6.26. The molecule has 0 spiro atoms. The van der Waals surface area contributed by atoms with Crippen LogP contribution in [0.2, 0.25) is 0 Å². The lowest BCUT2D eigenvalue weighted by atomic mass is 9.97. The van der Waals surface area contributed by atoms with E-state index in [2.05, 4.69) is 15.3 Å². The predicted octanol–water partition coefficient (Wildman–Crippen LogP) is 4.32. The van der Waals surface area contributed by atoms with Crippen molar-refractivity contribution >= 4 is 16.7 Å². The van der Waals surface area contributed by atoms with Gasteiger partial charge < -0.3 is 10.3 Å². The third-order valence-corrected chi connectivity index (χ3v) is 4.73. The topological polar surface area (TPSA) is 57.8 Å². The van der Waals surface area contributed by atoms with E-state index in [0.29, 0.717) is 12.1 Å². The minimum Gasteiger partial charge on any atom is -0.360 e. The second-order valence-corrected chi connectivity index (χ2v) is 6.52. The number of para-hydroxylation sites is 1. The van der Waals surface area contributed by atoms with Gasteiger partial charge in [0.05, 0.1) is 6.04 Å². The average Bonchev–Trinajstić information content (AvgIpc) is 3.16. The third kappa shape index (κ3) is 3.81. The van der Waals surface area contributed by atoms with E-state index in [1.807, 2.05) is 79.1 Å². The highest BCUT2D eigenvalue weighted by atomic mass is 16.1. The summed E-state index contributed by atoms with van der Waals surface area (Å²) in [7, 11) is 0. The number of carbonyl (C=O) groups excluding carboxylic acids is 1. The SMILES string of the molecule is O=C(c1c[nH]c2ccccc12)C(NCCc1cccnc1)c1ccccc1. The molecule has 1 unspecified atom stereocenters. The Morgan fingerprint density at radius 2 is 1.81 bits per heavy atom. The van der Waals surface area contributed by atoms with Crippen LogP contribution in [0.25, 0.3) is 10.9 Å². The van der Waals surface area contributed by atoms with Gasteiger partial charge in [-0.1, -0.05) is 54.6 Å². The van der Waals surface area contributed by atoms with Crippen LogP contribution in [0.1, 0.15) is 27.5 Å². The van der Waals surface area contributed by atoms with E-state index in [-0.39, 0.29) is 11.8 Å². The number of nitrogens with one attached hydrogen (secondary N) is 2. The van der Waals surface area contributed by atoms with Gasteiger partial charge in [0.2, 0.25) is 0 Å². The van der Waals surface area contributed by atoms with Gasteiger partial charge in [0, 0.05) is 41.6 Å². The Kier molecular flexibility index (Phi) is 5.08. The van der Waals surface area contributed by atoms with Crippen LogP contribution < -0.4 is 5.32 Å². The fraction of sp³-hybridized carbons (Fsp3) is 0.130. The number of rotatable bonds is 7. The van der Waals surface area contributed by atoms with Crippen molar-refractivity contribution in [2.45, 2.75) is 12.5 Å². The summed E-state index contributed by atoms with van der Waals surface area (Å²) in [4.78, 5) is 20.7. The monoisotopic (exact) mass is 355 g/mol. The number of benzene rings is 2. The fourth-order valence-corrected chi connectivity index (χ4v) is 3.35. The van der Waals surface area contributed by atoms with Crippen LogP contribution in [-0.4, -0.2) is 22.3 Å². The number of fused-ring (bicyclic) bond motifs is 1. The second-order valence-electron chi connectivity index (χ2n) is 6.52. The molecule has 0 saturated heterocycles. The summed E-state index contributed by atoms with van der Waals surface area (Å²) < 4.78 is 0. The Morgan fingerprint density at radius 3 is 2.63 bits per heavy atom. The van der Waals surface area contributed by atoms with Gasteiger partial charge in [-0.25, -0.2) is 0 Å². The molecule has 0 aliphatic rings. The largest absolute Gasteiger partial charge is 0.360 e. The van der Waals surface area contributed by atoms with E-state index >= 15 is 0 Å². The first-order chi connectivity index (χ1) is 13.3. The highest BCUT2D eigenvalue weighted by Gasteiger charge is 2.23. The number of carbonyl (C=O) groups is 1. The summed E-state index contributed by atoms with van der Waals surface area (Å²) >= 11 is 0. The van der Waals surface area contributed by atoms with Gasteiger partial charge in [0.1, 0.15) is 0 Å². The van der Waals surface area contributed by atoms with Crippen LogP contribution in [0.4, 0.5) is 0 Å². The molecule has 2 N–H and O–H groups in total. The first kappa shape index (κ1) is 17.2. The van der Waals surface area contributed by atoms with Gasteiger partial charge in [-0.3, -0.25) is 9.78 Å². The van der Waals surface area contributed by atoms with Crippen LogP contribution in [-0.2, 0) is 6.42 Å². The van der Waals surface area contributed by atoms with Crippen molar-refractivity contribution in [3.05, 3.63) is 102 Å². The van der Waals surface area contributed by atoms with Gasteiger partial charge in [-0.05, 0) is 29.7 Å². The second kappa shape index (κ2) is 7.98. The van der Waals surface area contributed by atoms with Gasteiger partial charge in [0.15, 0.2) is 5.78 Å². The average molecular weight is 355 g/mol. The molecule has 0 aliphatic heterocycles. The molecule has 27 heavy (non-hydrogen) atoms. The number of ketones is 1. The van der Waals surface area contributed by atoms with Crippen molar-refractivity contribution in [2.24, 2.45) is 0 Å². The minimum atomic E-state index is -0.387. The summed E-state index contributed by atoms with van der Waals surface area (Å²) in [5.41, 5.74) is 3.81. The lowest BCUT2D eigenvalue weighted by Crippen LogP contribution is -2.30. The first-order valence-electron chi connectivity index (χ1n) is 9.10. The van der Waals surface area contributed by atoms with E-state index in [9.17, 15) is 4.79 Å². The van der Waals surface area contributed by atoms with E-state index in [1.165, 1.54) is 0 Å². The van der Waals surface area contributed by atoms with Crippen LogP contribution in [0.3, 0.4) is 0 Å². The lowest BCUT2D eigenvalue weighted by Gasteiger charge is -2.18. The number of hydrogen-bond acceptors (Lipinski definition) is 3. The van der Waals surface area contributed by atoms with Gasteiger partial charge in [-0.15, -0.1) is 0 Å². The lowest BCUT2D eigenvalue weighted by molar-refractivity contribution is 0.0945. The number of aromatic amines is 1. The van der Waals surface area contributed by atoms with E-state index < -0.39 is 0 Å². The maximum absolute atomic E-state index is 13.4. The molecular weight excluding hydrogens is 334 g/mol. The molecular formula is C23H21N3O. The number of H-pyrrole nitrogens is 1. The van der Waals surface area contributed by atoms with Crippen molar-refractivity contribution in [1.82, 2.24) is 15.3 Å². The summed E-state index contributed by atoms with van der Waals surface area (Å²) in [5.74, 6) is 0.0739. The van der Waals surface area contributed by atoms with E-state index in [1.54, 1.807) is 6.20 Å². The number of hydrogen-bond donors (Lipinski definition) is 2. The summed E-state index contributed by atoms with van der Waals surface area (Å²) in [5, 5.41) is 4.40. The zero-order chi connectivity index (χ0) is 18.5. The summed E-state index contributed by atoms with van der Waals surface area (Å²) in [6, 6.07) is 21.4. The standard InChI is InChI=1S/C23H21N3O/c27-23(20-16-26-21-11-5-4-10-19(20)21)22(18-8-2-1-3-9-18)25-14-12-17-7-6-13-24-15-17/h1-11,13,15-16,22,25-26H,12,14H2. The Labute approximate surface area is 158 Å². The van der Waals surface area contributed by atoms with Crippen molar-refractivity contribution in [2.75, 3.05) is 6.54 Å². The molecule has 4 heteroatoms. The van der Waals surface area contributed by atoms with Gasteiger partial charge in [0.25, 0.3) is 0 Å². The molecule has 0 fully saturated rings. The van der Waals surface area contributed by atoms with Crippen LogP contribution in [0, 0.1) is 0 Å². The van der Waals surface area contributed by atoms with Gasteiger partial charge >= 0.3 is 0 Å². The molecule has 0 saturated carbocycles. The normalized spacial score (nSPS) is 12.1. The number of aromatic nitrogens is 2. The van der Waals surface area contributed by atoms with Crippen molar-refractivity contribution in [3.8, 4) is 0 Å². The first-order valence-corrected chi connectivity index (χ1v) is 9.10. The quantitative estimate of drug-likeness (QED) is 0.486. The third-order valence-electron chi connectivity index (χ3n) is 4.73. The molecule has 4 rings (SSSR count). The van der Waals surface area contributed by atoms with Crippen molar-refractivity contribution in [3.63, 3.8) is 0 Å². The number of pyridine rings is 1. The highest BCUT2D eigenvalue weighted by molar-refractivity contribution is 6.10. The Balaban J connectivity index is 1.59. The van der Waals surface area contributed by atoms with Gasteiger partial charge in [-0.2, -0.15) is 0 Å². The van der Waals surface area contributed by atoms with E-state index in [0.717, 1.165) is 28.5 Å². The minimum absolute atomic E-state index is 0.0739. The van der Waals surface area contributed by atoms with Crippen LogP contribution in [0.15, 0.2) is 85.3 Å². The molecule has 2 heterocycles. The van der Waals surface area contributed by atoms with E-state index in [4.69, 9.17) is 0 Å². The van der Waals surface area contributed by atoms with Crippen LogP contribution >= 0.6 is 0 Å².